The molecular formula is C15H11N3O4S. The predicted molar refractivity (Wildman–Crippen MR) is 82.5 cm³/mol. The number of aromatic nitrogens is 2. The third-order valence-corrected chi connectivity index (χ3v) is 4.06. The van der Waals surface area contributed by atoms with Crippen molar-refractivity contribution in [3.05, 3.63) is 41.3 Å². The molecular weight excluding hydrogens is 318 g/mol. The number of ether oxygens (including phenoxy) is 2. The summed E-state index contributed by atoms with van der Waals surface area (Å²) in [6, 6.07) is 9.23. The van der Waals surface area contributed by atoms with E-state index < -0.39 is 0 Å². The molecule has 0 saturated heterocycles. The topological polar surface area (TPSA) is 86.5 Å². The van der Waals surface area contributed by atoms with Gasteiger partial charge in [0.1, 0.15) is 0 Å². The van der Waals surface area contributed by atoms with Crippen LogP contribution in [0.15, 0.2) is 40.1 Å². The first kappa shape index (κ1) is 13.8. The van der Waals surface area contributed by atoms with Gasteiger partial charge >= 0.3 is 6.01 Å². The summed E-state index contributed by atoms with van der Waals surface area (Å²) in [4.78, 5) is 12.9. The maximum atomic E-state index is 12.1. The molecule has 7 nitrogen and oxygen atoms in total. The molecule has 1 aliphatic rings. The Labute approximate surface area is 134 Å². The van der Waals surface area contributed by atoms with Gasteiger partial charge in [-0.1, -0.05) is 17.2 Å². The Kier molecular flexibility index (Phi) is 3.43. The van der Waals surface area contributed by atoms with Gasteiger partial charge in [0.05, 0.1) is 11.3 Å². The Morgan fingerprint density at radius 1 is 1.22 bits per heavy atom. The van der Waals surface area contributed by atoms with E-state index in [4.69, 9.17) is 13.9 Å². The van der Waals surface area contributed by atoms with Gasteiger partial charge in [-0.2, -0.15) is 0 Å². The third kappa shape index (κ3) is 2.88. The Balaban J connectivity index is 1.42. The van der Waals surface area contributed by atoms with Crippen LogP contribution in [0.25, 0.3) is 10.8 Å². The summed E-state index contributed by atoms with van der Waals surface area (Å²) in [6.45, 7) is 0.207. The molecule has 0 radical (unpaired) electrons. The Morgan fingerprint density at radius 2 is 2.13 bits per heavy atom. The Bertz CT molecular complexity index is 844. The largest absolute Gasteiger partial charge is 0.454 e. The molecule has 0 saturated carbocycles. The van der Waals surface area contributed by atoms with Crippen molar-refractivity contribution in [1.29, 1.82) is 0 Å². The fraction of sp³-hybridized carbons (Fsp3) is 0.133. The highest BCUT2D eigenvalue weighted by molar-refractivity contribution is 7.13. The van der Waals surface area contributed by atoms with Crippen molar-refractivity contribution >= 4 is 23.3 Å². The van der Waals surface area contributed by atoms with Crippen LogP contribution in [-0.2, 0) is 11.2 Å². The van der Waals surface area contributed by atoms with Crippen molar-refractivity contribution in [2.24, 2.45) is 0 Å². The first-order chi connectivity index (χ1) is 11.3. The van der Waals surface area contributed by atoms with Crippen LogP contribution in [0.4, 0.5) is 6.01 Å². The van der Waals surface area contributed by atoms with Gasteiger partial charge < -0.3 is 13.9 Å². The number of carbonyl (C=O) groups is 1. The van der Waals surface area contributed by atoms with E-state index in [1.165, 1.54) is 11.3 Å². The van der Waals surface area contributed by atoms with Gasteiger partial charge in [0.25, 0.3) is 5.89 Å². The SMILES string of the molecule is O=C(Cc1ccc2c(c1)OCO2)Nc1nnc(-c2cccs2)o1. The summed E-state index contributed by atoms with van der Waals surface area (Å²) >= 11 is 1.49. The molecule has 0 unspecified atom stereocenters. The zero-order chi connectivity index (χ0) is 15.6. The molecule has 23 heavy (non-hydrogen) atoms. The number of fused-ring (bicyclic) bond motifs is 1. The molecule has 0 bridgehead atoms. The number of rotatable bonds is 4. The smallest absolute Gasteiger partial charge is 0.322 e. The van der Waals surface area contributed by atoms with Gasteiger partial charge in [-0.25, -0.2) is 0 Å². The van der Waals surface area contributed by atoms with Crippen LogP contribution < -0.4 is 14.8 Å². The molecule has 1 aromatic carbocycles. The van der Waals surface area contributed by atoms with E-state index >= 15 is 0 Å². The summed E-state index contributed by atoms with van der Waals surface area (Å²) in [7, 11) is 0. The fourth-order valence-corrected chi connectivity index (χ4v) is 2.82. The minimum Gasteiger partial charge on any atom is -0.454 e. The molecule has 1 N–H and O–H groups in total. The Hall–Kier alpha value is -2.87. The number of hydrogen-bond acceptors (Lipinski definition) is 7. The van der Waals surface area contributed by atoms with E-state index in [1.54, 1.807) is 12.1 Å². The fourth-order valence-electron chi connectivity index (χ4n) is 2.17. The highest BCUT2D eigenvalue weighted by Gasteiger charge is 2.16. The van der Waals surface area contributed by atoms with Crippen molar-refractivity contribution in [2.75, 3.05) is 12.1 Å². The van der Waals surface area contributed by atoms with Crippen LogP contribution in [-0.4, -0.2) is 22.9 Å². The minimum absolute atomic E-state index is 0.0825. The van der Waals surface area contributed by atoms with Gasteiger partial charge in [0, 0.05) is 0 Å². The van der Waals surface area contributed by atoms with Crippen molar-refractivity contribution in [2.45, 2.75) is 6.42 Å². The highest BCUT2D eigenvalue weighted by Crippen LogP contribution is 2.32. The average Bonchev–Trinajstić information content (AvgIpc) is 3.27. The van der Waals surface area contributed by atoms with E-state index in [1.807, 2.05) is 23.6 Å². The lowest BCUT2D eigenvalue weighted by Crippen LogP contribution is -2.14. The molecule has 2 aromatic heterocycles. The lowest BCUT2D eigenvalue weighted by atomic mass is 10.1. The van der Waals surface area contributed by atoms with E-state index in [0.29, 0.717) is 17.4 Å². The van der Waals surface area contributed by atoms with E-state index in [-0.39, 0.29) is 25.1 Å². The molecule has 1 amide bonds. The standard InChI is InChI=1S/C15H11N3O4S/c19-13(7-9-3-4-10-11(6-9)21-8-20-10)16-15-18-17-14(22-15)12-2-1-5-23-12/h1-6H,7-8H2,(H,16,18,19). The number of anilines is 1. The molecule has 3 heterocycles. The number of nitrogens with one attached hydrogen (secondary N) is 1. The van der Waals surface area contributed by atoms with Crippen LogP contribution >= 0.6 is 11.3 Å². The zero-order valence-corrected chi connectivity index (χ0v) is 12.6. The minimum atomic E-state index is -0.245. The molecule has 1 aliphatic heterocycles. The van der Waals surface area contributed by atoms with Crippen molar-refractivity contribution in [3.63, 3.8) is 0 Å². The van der Waals surface area contributed by atoms with Gasteiger partial charge in [-0.3, -0.25) is 10.1 Å². The number of carbonyl (C=O) groups excluding carboxylic acids is 1. The summed E-state index contributed by atoms with van der Waals surface area (Å²) in [5.74, 6) is 1.48. The molecule has 0 aliphatic carbocycles. The summed E-state index contributed by atoms with van der Waals surface area (Å²) in [6.07, 6.45) is 0.174. The van der Waals surface area contributed by atoms with Crippen molar-refractivity contribution < 1.29 is 18.7 Å². The number of benzene rings is 1. The lowest BCUT2D eigenvalue weighted by molar-refractivity contribution is -0.115. The maximum Gasteiger partial charge on any atom is 0.322 e. The van der Waals surface area contributed by atoms with Crippen LogP contribution in [0.1, 0.15) is 5.56 Å². The lowest BCUT2D eigenvalue weighted by Gasteiger charge is -2.02. The van der Waals surface area contributed by atoms with E-state index in [2.05, 4.69) is 15.5 Å². The van der Waals surface area contributed by atoms with Gasteiger partial charge in [0.15, 0.2) is 11.5 Å². The van der Waals surface area contributed by atoms with Crippen molar-refractivity contribution in [3.8, 4) is 22.3 Å². The average molecular weight is 329 g/mol. The van der Waals surface area contributed by atoms with Crippen LogP contribution in [0.3, 0.4) is 0 Å². The van der Waals surface area contributed by atoms with Crippen LogP contribution in [0, 0.1) is 0 Å². The molecule has 116 valence electrons. The van der Waals surface area contributed by atoms with Gasteiger partial charge in [-0.05, 0) is 29.1 Å². The number of amides is 1. The maximum absolute atomic E-state index is 12.1. The van der Waals surface area contributed by atoms with Crippen molar-refractivity contribution in [1.82, 2.24) is 10.2 Å². The molecule has 8 heteroatoms. The molecule has 0 spiro atoms. The number of thiophene rings is 1. The molecule has 3 aromatic rings. The van der Waals surface area contributed by atoms with Crippen LogP contribution in [0.2, 0.25) is 0 Å². The third-order valence-electron chi connectivity index (χ3n) is 3.20. The monoisotopic (exact) mass is 329 g/mol. The first-order valence-corrected chi connectivity index (χ1v) is 7.72. The van der Waals surface area contributed by atoms with Gasteiger partial charge in [-0.15, -0.1) is 16.4 Å². The number of hydrogen-bond donors (Lipinski definition) is 1. The van der Waals surface area contributed by atoms with Crippen LogP contribution in [0.5, 0.6) is 11.5 Å². The normalized spacial score (nSPS) is 12.3. The summed E-state index contributed by atoms with van der Waals surface area (Å²) in [5, 5.41) is 12.2. The van der Waals surface area contributed by atoms with E-state index in [9.17, 15) is 4.79 Å². The second-order valence-corrected chi connectivity index (χ2v) is 5.75. The summed E-state index contributed by atoms with van der Waals surface area (Å²) in [5.41, 5.74) is 0.810. The second-order valence-electron chi connectivity index (χ2n) is 4.80. The molecule has 0 fully saturated rings. The zero-order valence-electron chi connectivity index (χ0n) is 11.8. The summed E-state index contributed by atoms with van der Waals surface area (Å²) < 4.78 is 15.9. The quantitative estimate of drug-likeness (QED) is 0.792. The Morgan fingerprint density at radius 3 is 3.00 bits per heavy atom. The molecule has 4 rings (SSSR count). The first-order valence-electron chi connectivity index (χ1n) is 6.84. The molecule has 0 atom stereocenters. The second kappa shape index (κ2) is 5.73. The van der Waals surface area contributed by atoms with Gasteiger partial charge in [0.2, 0.25) is 12.7 Å². The van der Waals surface area contributed by atoms with E-state index in [0.717, 1.165) is 10.4 Å². The number of nitrogens with zero attached hydrogens (tertiary/aromatic N) is 2. The highest BCUT2D eigenvalue weighted by atomic mass is 32.1. The predicted octanol–water partition coefficient (Wildman–Crippen LogP) is 2.71.